The molecular weight excluding hydrogens is 288 g/mol. The Morgan fingerprint density at radius 1 is 0.938 bits per heavy atom. The van der Waals surface area contributed by atoms with Gasteiger partial charge < -0.3 is 9.11 Å². The van der Waals surface area contributed by atoms with Gasteiger partial charge in [0.2, 0.25) is 0 Å². The van der Waals surface area contributed by atoms with Crippen LogP contribution in [0.4, 0.5) is 0 Å². The van der Waals surface area contributed by atoms with E-state index < -0.39 is 20.5 Å². The molecule has 0 aliphatic heterocycles. The first-order chi connectivity index (χ1) is 6.61. The molecule has 16 heavy (non-hydrogen) atoms. The van der Waals surface area contributed by atoms with Gasteiger partial charge in [0.1, 0.15) is 0 Å². The average Bonchev–Trinajstić information content (AvgIpc) is 2.01. The Morgan fingerprint density at radius 3 is 1.44 bits per heavy atom. The minimum atomic E-state index is -5.17. The Bertz CT molecular complexity index is 485. The summed E-state index contributed by atoms with van der Waals surface area (Å²) in [6.07, 6.45) is 0. The van der Waals surface area contributed by atoms with Gasteiger partial charge in [0.15, 0.2) is 0 Å². The Balaban J connectivity index is 0. The van der Waals surface area contributed by atoms with E-state index in [4.69, 9.17) is 22.1 Å². The molecule has 0 amide bonds. The number of rotatable bonds is 1. The molecule has 0 saturated carbocycles. The maximum Gasteiger partial charge on any atom is 2.00 e. The van der Waals surface area contributed by atoms with Crippen LogP contribution < -0.4 is 0 Å². The van der Waals surface area contributed by atoms with Crippen LogP contribution in [-0.2, 0) is 20.5 Å². The Hall–Kier alpha value is 0.260. The van der Waals surface area contributed by atoms with Crippen LogP contribution in [0.1, 0.15) is 0 Å². The van der Waals surface area contributed by atoms with Crippen molar-refractivity contribution in [2.75, 3.05) is 0 Å². The van der Waals surface area contributed by atoms with Gasteiger partial charge in [0, 0.05) is 10.4 Å². The molecule has 86 valence electrons. The molecule has 1 aromatic carbocycles. The van der Waals surface area contributed by atoms with Gasteiger partial charge in [-0.3, -0.25) is 13.0 Å². The normalized spacial score (nSPS) is 10.7. The Morgan fingerprint density at radius 2 is 1.25 bits per heavy atom. The van der Waals surface area contributed by atoms with Crippen molar-refractivity contribution in [2.24, 2.45) is 0 Å². The first-order valence-corrected chi connectivity index (χ1v) is 6.07. The van der Waals surface area contributed by atoms with E-state index in [2.05, 4.69) is 0 Å². The van der Waals surface area contributed by atoms with Crippen molar-refractivity contribution in [2.45, 2.75) is 4.90 Å². The van der Waals surface area contributed by atoms with Crippen LogP contribution in [0, 0.1) is 0 Å². The maximum atomic E-state index is 10.4. The van der Waals surface area contributed by atoms with Gasteiger partial charge in [-0.2, -0.15) is 8.42 Å². The fraction of sp³-hybridized carbons (Fsp3) is 0. The van der Waals surface area contributed by atoms with Crippen molar-refractivity contribution in [1.82, 2.24) is 0 Å². The summed E-state index contributed by atoms with van der Waals surface area (Å²) in [5.74, 6) is 0. The van der Waals surface area contributed by atoms with Gasteiger partial charge in [0.05, 0.1) is 4.90 Å². The summed E-state index contributed by atoms with van der Waals surface area (Å²) in [6.45, 7) is 0. The van der Waals surface area contributed by atoms with Crippen molar-refractivity contribution in [3.8, 4) is 0 Å². The second-order valence-electron chi connectivity index (χ2n) is 2.20. The number of hydrogen-bond donors (Lipinski definition) is 1. The van der Waals surface area contributed by atoms with E-state index in [1.807, 2.05) is 0 Å². The molecule has 0 aromatic heterocycles. The molecule has 1 N–H and O–H groups in total. The molecule has 0 aliphatic carbocycles. The first kappa shape index (κ1) is 18.6. The molecule has 1 aromatic rings. The third-order valence-electron chi connectivity index (χ3n) is 1.04. The van der Waals surface area contributed by atoms with Crippen molar-refractivity contribution in [3.63, 3.8) is 0 Å². The summed E-state index contributed by atoms with van der Waals surface area (Å²) in [5, 5.41) is 0. The van der Waals surface area contributed by atoms with Crippen LogP contribution in [-0.4, -0.2) is 68.2 Å². The van der Waals surface area contributed by atoms with Gasteiger partial charge in [-0.1, -0.05) is 18.2 Å². The van der Waals surface area contributed by atoms with Crippen molar-refractivity contribution in [1.29, 1.82) is 0 Å². The Labute approximate surface area is 123 Å². The van der Waals surface area contributed by atoms with E-state index in [0.29, 0.717) is 0 Å². The van der Waals surface area contributed by atoms with Crippen LogP contribution in [0.25, 0.3) is 0 Å². The largest absolute Gasteiger partial charge is 2.00 e. The minimum absolute atomic E-state index is 0. The molecular formula is C6H6CaO7S2. The van der Waals surface area contributed by atoms with Crippen LogP contribution in [0.15, 0.2) is 35.2 Å². The molecule has 0 heterocycles. The summed E-state index contributed by atoms with van der Waals surface area (Å²) in [5.41, 5.74) is 0. The summed E-state index contributed by atoms with van der Waals surface area (Å²) >= 11 is 0. The molecule has 10 heteroatoms. The summed E-state index contributed by atoms with van der Waals surface area (Å²) < 4.78 is 63.3. The predicted molar refractivity (Wildman–Crippen MR) is 52.5 cm³/mol. The van der Waals surface area contributed by atoms with Gasteiger partial charge in [-0.05, 0) is 12.1 Å². The monoisotopic (exact) mass is 294 g/mol. The van der Waals surface area contributed by atoms with Crippen molar-refractivity contribution in [3.05, 3.63) is 30.3 Å². The zero-order chi connectivity index (χ0) is 12.1. The zero-order valence-electron chi connectivity index (χ0n) is 7.81. The summed E-state index contributed by atoms with van der Waals surface area (Å²) in [4.78, 5) is -0.0741. The fourth-order valence-corrected chi connectivity index (χ4v) is 1.09. The van der Waals surface area contributed by atoms with Crippen LogP contribution in [0.2, 0.25) is 0 Å². The van der Waals surface area contributed by atoms with E-state index in [9.17, 15) is 8.42 Å². The number of benzene rings is 1. The topological polar surface area (TPSA) is 135 Å². The third kappa shape index (κ3) is 12.3. The van der Waals surface area contributed by atoms with Gasteiger partial charge >= 0.3 is 37.7 Å². The van der Waals surface area contributed by atoms with E-state index in [1.165, 1.54) is 12.1 Å². The van der Waals surface area contributed by atoms with Crippen molar-refractivity contribution >= 4 is 58.3 Å². The summed E-state index contributed by atoms with van der Waals surface area (Å²) in [6, 6.07) is 7.42. The van der Waals surface area contributed by atoms with Crippen LogP contribution in [0.3, 0.4) is 0 Å². The zero-order valence-corrected chi connectivity index (χ0v) is 11.6. The molecule has 1 rings (SSSR count). The fourth-order valence-electron chi connectivity index (χ4n) is 0.592. The van der Waals surface area contributed by atoms with Crippen molar-refractivity contribution < 1.29 is 30.5 Å². The maximum absolute atomic E-state index is 10.4. The second-order valence-corrected chi connectivity index (χ2v) is 4.43. The first-order valence-electron chi connectivity index (χ1n) is 3.30. The molecule has 0 fully saturated rings. The van der Waals surface area contributed by atoms with Gasteiger partial charge in [0.25, 0.3) is 10.1 Å². The third-order valence-corrected chi connectivity index (χ3v) is 1.91. The van der Waals surface area contributed by atoms with E-state index in [1.54, 1.807) is 18.2 Å². The van der Waals surface area contributed by atoms with E-state index in [0.717, 1.165) is 0 Å². The van der Waals surface area contributed by atoms with Crippen LogP contribution >= 0.6 is 0 Å². The molecule has 0 radical (unpaired) electrons. The Kier molecular flexibility index (Phi) is 8.80. The quantitative estimate of drug-likeness (QED) is 0.407. The number of hydrogen-bond acceptors (Lipinski definition) is 6. The standard InChI is InChI=1S/C6H6O3S.Ca.H2O4S/c7-10(8,9)6-4-2-1-3-5-6;;1-5(2,3)4/h1-5H,(H,7,8,9);;(H2,1,2,3,4)/q;+2;/p-2. The molecule has 7 nitrogen and oxygen atoms in total. The van der Waals surface area contributed by atoms with E-state index >= 15 is 0 Å². The van der Waals surface area contributed by atoms with E-state index in [-0.39, 0.29) is 42.6 Å². The minimum Gasteiger partial charge on any atom is -0.759 e. The predicted octanol–water partition coefficient (Wildman–Crippen LogP) is -0.785. The molecule has 0 spiro atoms. The summed E-state index contributed by atoms with van der Waals surface area (Å²) in [7, 11) is -9.17. The van der Waals surface area contributed by atoms with Crippen LogP contribution in [0.5, 0.6) is 0 Å². The second kappa shape index (κ2) is 7.56. The molecule has 0 atom stereocenters. The van der Waals surface area contributed by atoms with Gasteiger partial charge in [-0.25, -0.2) is 0 Å². The van der Waals surface area contributed by atoms with Gasteiger partial charge in [-0.15, -0.1) is 0 Å². The molecule has 0 aliphatic rings. The SMILES string of the molecule is O=S(=O)(O)c1ccccc1.O=S(=O)([O-])[O-].[Ca+2]. The molecule has 0 saturated heterocycles. The average molecular weight is 294 g/mol. The smallest absolute Gasteiger partial charge is 0.759 e. The molecule has 0 bridgehead atoms. The molecule has 0 unspecified atom stereocenters.